The lowest BCUT2D eigenvalue weighted by Gasteiger charge is -1.82. The van der Waals surface area contributed by atoms with Crippen molar-refractivity contribution in [3.63, 3.8) is 0 Å². The molecule has 1 radical (unpaired) electrons. The second-order valence-electron chi connectivity index (χ2n) is 1.51. The van der Waals surface area contributed by atoms with E-state index in [1.165, 1.54) is 0 Å². The predicted octanol–water partition coefficient (Wildman–Crippen LogP) is 1.42. The molecule has 0 bridgehead atoms. The fraction of sp³-hybridized carbons (Fsp3) is 0.800. The van der Waals surface area contributed by atoms with E-state index < -0.39 is 0 Å². The van der Waals surface area contributed by atoms with Gasteiger partial charge in [-0.05, 0) is 0 Å². The van der Waals surface area contributed by atoms with Crippen molar-refractivity contribution in [3.05, 3.63) is 6.92 Å². The largest absolute Gasteiger partial charge is 0.462 e. The van der Waals surface area contributed by atoms with Gasteiger partial charge in [0.1, 0.15) is 0 Å². The van der Waals surface area contributed by atoms with Gasteiger partial charge in [-0.15, -0.1) is 0 Å². The summed E-state index contributed by atoms with van der Waals surface area (Å²) in [5.41, 5.74) is 0. The van der Waals surface area contributed by atoms with E-state index in [0.717, 1.165) is 12.8 Å². The lowest BCUT2D eigenvalue weighted by Crippen LogP contribution is -1.96. The monoisotopic (exact) mass is 118 g/mol. The maximum atomic E-state index is 9.87. The summed E-state index contributed by atoms with van der Waals surface area (Å²) in [6.45, 7) is 5.65. The molecule has 0 N–H and O–H groups in total. The van der Waals surface area contributed by atoms with Gasteiger partial charge in [0, 0.05) is 17.6 Å². The van der Waals surface area contributed by atoms with Crippen LogP contribution in [0.25, 0.3) is 0 Å². The maximum Gasteiger partial charge on any atom is 0.462 e. The molecule has 7 heavy (non-hydrogen) atoms. The first-order chi connectivity index (χ1) is 3.31. The predicted molar refractivity (Wildman–Crippen MR) is 32.1 cm³/mol. The molecule has 0 aliphatic rings. The Hall–Kier alpha value is 0.0200. The summed E-state index contributed by atoms with van der Waals surface area (Å²) in [4.78, 5) is 0. The van der Waals surface area contributed by atoms with E-state index in [-0.39, 0.29) is 5.25 Å². The van der Waals surface area contributed by atoms with Crippen LogP contribution in [0.4, 0.5) is 0 Å². The summed E-state index contributed by atoms with van der Waals surface area (Å²) in [6.07, 6.45) is 2.00. The third kappa shape index (κ3) is 3.86. The number of hydrogen-bond acceptors (Lipinski definition) is 1. The minimum Gasteiger partial charge on any atom is -0.0652 e. The topological polar surface area (TPSA) is 17.1 Å². The van der Waals surface area contributed by atoms with E-state index in [9.17, 15) is 4.21 Å². The van der Waals surface area contributed by atoms with Gasteiger partial charge in [-0.1, -0.05) is 13.3 Å². The van der Waals surface area contributed by atoms with Crippen LogP contribution in [-0.2, 0) is 15.9 Å². The highest BCUT2D eigenvalue weighted by molar-refractivity contribution is 7.66. The molecule has 0 aromatic carbocycles. The van der Waals surface area contributed by atoms with Crippen molar-refractivity contribution >= 4 is 11.7 Å². The van der Waals surface area contributed by atoms with Crippen molar-refractivity contribution in [3.8, 4) is 0 Å². The van der Waals surface area contributed by atoms with Crippen LogP contribution in [0.3, 0.4) is 0 Å². The van der Waals surface area contributed by atoms with Gasteiger partial charge in [0.05, 0.1) is 0 Å². The van der Waals surface area contributed by atoms with Gasteiger partial charge in [-0.3, -0.25) is 0 Å². The quantitative estimate of drug-likeness (QED) is 0.512. The molecule has 0 aliphatic carbocycles. The van der Waals surface area contributed by atoms with Crippen LogP contribution >= 0.6 is 0 Å². The van der Waals surface area contributed by atoms with Crippen molar-refractivity contribution in [2.75, 3.05) is 0 Å². The van der Waals surface area contributed by atoms with Crippen molar-refractivity contribution in [1.82, 2.24) is 0 Å². The van der Waals surface area contributed by atoms with Gasteiger partial charge in [0.25, 0.3) is 0 Å². The Morgan fingerprint density at radius 2 is 2.43 bits per heavy atom. The molecule has 1 nitrogen and oxygen atoms in total. The van der Waals surface area contributed by atoms with E-state index in [0.29, 0.717) is 11.7 Å². The highest BCUT2D eigenvalue weighted by atomic mass is 32.1. The van der Waals surface area contributed by atoms with Crippen LogP contribution in [0.15, 0.2) is 0 Å². The Balaban J connectivity index is 2.98. The summed E-state index contributed by atoms with van der Waals surface area (Å²) < 4.78 is 9.87. The summed E-state index contributed by atoms with van der Waals surface area (Å²) in [6, 6.07) is 0. The van der Waals surface area contributed by atoms with Crippen LogP contribution in [-0.4, -0.2) is 5.25 Å². The molecule has 0 rings (SSSR count). The molecule has 1 unspecified atom stereocenters. The number of hydrogen-bond donors (Lipinski definition) is 0. The highest BCUT2D eigenvalue weighted by Crippen LogP contribution is 1.94. The zero-order chi connectivity index (χ0) is 5.70. The maximum absolute atomic E-state index is 9.87. The van der Waals surface area contributed by atoms with Gasteiger partial charge in [0.2, 0.25) is 5.25 Å². The molecule has 0 aliphatic heterocycles. The van der Waals surface area contributed by atoms with E-state index in [1.807, 2.05) is 0 Å². The van der Waals surface area contributed by atoms with Gasteiger partial charge in [-0.2, -0.15) is 0 Å². The third-order valence-electron chi connectivity index (χ3n) is 0.747. The van der Waals surface area contributed by atoms with Crippen molar-refractivity contribution in [2.24, 2.45) is 0 Å². The van der Waals surface area contributed by atoms with Crippen LogP contribution < -0.4 is 0 Å². The van der Waals surface area contributed by atoms with Gasteiger partial charge >= 0.3 is 11.7 Å². The van der Waals surface area contributed by atoms with E-state index in [2.05, 4.69) is 13.8 Å². The second kappa shape index (κ2) is 4.19. The molecular weight excluding hydrogens is 108 g/mol. The summed E-state index contributed by atoms with van der Waals surface area (Å²) in [7, 11) is 0. The molecule has 41 valence electrons. The Bertz CT molecular complexity index is 54.0. The normalized spacial score (nSPS) is 13.4. The summed E-state index contributed by atoms with van der Waals surface area (Å²) in [5, 5.41) is 0.0602. The van der Waals surface area contributed by atoms with Crippen molar-refractivity contribution in [2.45, 2.75) is 25.0 Å². The summed E-state index contributed by atoms with van der Waals surface area (Å²) >= 11 is 0.588. The molecule has 0 aromatic rings. The molecule has 0 spiro atoms. The fourth-order valence-electron chi connectivity index (χ4n) is 0.370. The molecule has 0 saturated heterocycles. The van der Waals surface area contributed by atoms with Crippen molar-refractivity contribution in [1.29, 1.82) is 0 Å². The molecule has 0 fully saturated rings. The molecule has 0 aromatic heterocycles. The highest BCUT2D eigenvalue weighted by Gasteiger charge is 2.10. The molecule has 1 atom stereocenters. The molecule has 0 heterocycles. The minimum atomic E-state index is 0.0602. The Labute approximate surface area is 48.6 Å². The van der Waals surface area contributed by atoms with Crippen molar-refractivity contribution < 1.29 is 4.21 Å². The molecular formula is C5H10OS+. The molecule has 2 heteroatoms. The first-order valence-corrected chi connectivity index (χ1v) is 3.23. The lowest BCUT2D eigenvalue weighted by molar-refractivity contribution is 0.598. The van der Waals surface area contributed by atoms with Gasteiger partial charge in [0.15, 0.2) is 0 Å². The molecule has 0 amide bonds. The third-order valence-corrected chi connectivity index (χ3v) is 1.25. The SMILES string of the molecule is [CH2]C(CCC)[S+]=O. The smallest absolute Gasteiger partial charge is 0.0652 e. The molecule has 0 saturated carbocycles. The van der Waals surface area contributed by atoms with E-state index >= 15 is 0 Å². The number of rotatable bonds is 3. The fourth-order valence-corrected chi connectivity index (χ4v) is 0.702. The second-order valence-corrected chi connectivity index (χ2v) is 2.37. The van der Waals surface area contributed by atoms with Gasteiger partial charge in [-0.25, -0.2) is 0 Å². The summed E-state index contributed by atoms with van der Waals surface area (Å²) in [5.74, 6) is 0. The minimum absolute atomic E-state index is 0.0602. The van der Waals surface area contributed by atoms with Gasteiger partial charge < -0.3 is 0 Å². The first-order valence-electron chi connectivity index (χ1n) is 2.43. The first kappa shape index (κ1) is 7.02. The Morgan fingerprint density at radius 3 is 2.57 bits per heavy atom. The zero-order valence-electron chi connectivity index (χ0n) is 4.52. The standard InChI is InChI=1S/C5H10OS/c1-3-4-5(2)7-6/h5H,2-4H2,1H3/q+1. The van der Waals surface area contributed by atoms with Crippen LogP contribution in [0, 0.1) is 6.92 Å². The lowest BCUT2D eigenvalue weighted by atomic mass is 10.3. The van der Waals surface area contributed by atoms with E-state index in [4.69, 9.17) is 0 Å². The van der Waals surface area contributed by atoms with Crippen LogP contribution in [0.1, 0.15) is 19.8 Å². The average Bonchev–Trinajstić information content (AvgIpc) is 1.68. The zero-order valence-corrected chi connectivity index (χ0v) is 5.33. The van der Waals surface area contributed by atoms with Crippen LogP contribution in [0.2, 0.25) is 0 Å². The Morgan fingerprint density at radius 1 is 1.86 bits per heavy atom. The van der Waals surface area contributed by atoms with Crippen LogP contribution in [0.5, 0.6) is 0 Å². The van der Waals surface area contributed by atoms with E-state index in [1.54, 1.807) is 0 Å². The Kier molecular flexibility index (Phi) is 4.20. The average molecular weight is 118 g/mol.